The fourth-order valence-corrected chi connectivity index (χ4v) is 2.62. The zero-order chi connectivity index (χ0) is 11.6. The molecule has 0 saturated carbocycles. The third-order valence-electron chi connectivity index (χ3n) is 2.13. The maximum absolute atomic E-state index is 6.23. The molecule has 0 heterocycles. The van der Waals surface area contributed by atoms with E-state index < -0.39 is 0 Å². The van der Waals surface area contributed by atoms with Crippen molar-refractivity contribution in [2.45, 2.75) is 33.1 Å². The second-order valence-corrected chi connectivity index (χ2v) is 6.01. The summed E-state index contributed by atoms with van der Waals surface area (Å²) < 4.78 is 6.62. The van der Waals surface area contributed by atoms with Gasteiger partial charge in [-0.25, -0.2) is 0 Å². The topological polar surface area (TPSA) is 9.23 Å². The van der Waals surface area contributed by atoms with Crippen LogP contribution in [0, 0.1) is 3.57 Å². The molecular weight excluding hydrogens is 322 g/mol. The van der Waals surface area contributed by atoms with Crippen LogP contribution in [0.25, 0.3) is 0 Å². The van der Waals surface area contributed by atoms with Gasteiger partial charge in [-0.1, -0.05) is 32.4 Å². The number of ether oxygens (including phenoxy) is 1. The average Bonchev–Trinajstić information content (AvgIpc) is 2.07. The number of halogens is 2. The summed E-state index contributed by atoms with van der Waals surface area (Å²) in [4.78, 5) is 0. The summed E-state index contributed by atoms with van der Waals surface area (Å²) >= 11 is 8.47. The van der Waals surface area contributed by atoms with Crippen LogP contribution < -0.4 is 4.74 Å². The summed E-state index contributed by atoms with van der Waals surface area (Å²) in [5.74, 6) is 0.924. The van der Waals surface area contributed by atoms with Crippen LogP contribution >= 0.6 is 34.2 Å². The molecule has 0 fully saturated rings. The molecule has 0 unspecified atom stereocenters. The lowest BCUT2D eigenvalue weighted by Crippen LogP contribution is -2.12. The number of benzene rings is 1. The summed E-state index contributed by atoms with van der Waals surface area (Å²) in [6.07, 6.45) is 0. The largest absolute Gasteiger partial charge is 0.493 e. The molecule has 1 aromatic carbocycles. The number of rotatable bonds is 2. The molecule has 84 valence electrons. The first-order chi connectivity index (χ1) is 6.86. The third kappa shape index (κ3) is 3.25. The Morgan fingerprint density at radius 1 is 1.33 bits per heavy atom. The van der Waals surface area contributed by atoms with Crippen LogP contribution in [0.5, 0.6) is 5.75 Å². The van der Waals surface area contributed by atoms with Crippen LogP contribution in [0.3, 0.4) is 0 Å². The highest BCUT2D eigenvalue weighted by Crippen LogP contribution is 2.35. The van der Waals surface area contributed by atoms with Gasteiger partial charge < -0.3 is 4.74 Å². The van der Waals surface area contributed by atoms with Gasteiger partial charge in [0.2, 0.25) is 0 Å². The first-order valence-electron chi connectivity index (χ1n) is 4.98. The molecule has 0 saturated heterocycles. The molecular formula is C12H16ClIO. The van der Waals surface area contributed by atoms with E-state index in [-0.39, 0.29) is 5.41 Å². The highest BCUT2D eigenvalue weighted by molar-refractivity contribution is 14.1. The second kappa shape index (κ2) is 4.91. The van der Waals surface area contributed by atoms with E-state index in [0.717, 1.165) is 19.9 Å². The van der Waals surface area contributed by atoms with E-state index >= 15 is 0 Å². The Balaban J connectivity index is 3.23. The van der Waals surface area contributed by atoms with Crippen molar-refractivity contribution in [1.29, 1.82) is 0 Å². The Morgan fingerprint density at radius 3 is 2.40 bits per heavy atom. The smallest absolute Gasteiger partial charge is 0.132 e. The molecule has 0 N–H and O–H groups in total. The minimum Gasteiger partial charge on any atom is -0.493 e. The lowest BCUT2D eigenvalue weighted by molar-refractivity contribution is 0.336. The third-order valence-corrected chi connectivity index (χ3v) is 3.29. The molecule has 0 aromatic heterocycles. The average molecular weight is 339 g/mol. The molecule has 0 spiro atoms. The fraction of sp³-hybridized carbons (Fsp3) is 0.500. The van der Waals surface area contributed by atoms with Crippen molar-refractivity contribution < 1.29 is 4.74 Å². The van der Waals surface area contributed by atoms with Gasteiger partial charge in [0.1, 0.15) is 5.75 Å². The zero-order valence-electron chi connectivity index (χ0n) is 9.53. The molecule has 0 bridgehead atoms. The minimum atomic E-state index is 0.0489. The SMILES string of the molecule is CCOc1cc(C(C)(C)C)c(Cl)cc1I. The second-order valence-electron chi connectivity index (χ2n) is 4.45. The van der Waals surface area contributed by atoms with Gasteiger partial charge in [-0.2, -0.15) is 0 Å². The van der Waals surface area contributed by atoms with E-state index in [1.807, 2.05) is 19.1 Å². The standard InChI is InChI=1S/C12H16ClIO/c1-5-15-11-6-8(12(2,3)4)9(13)7-10(11)14/h6-7H,5H2,1-4H3. The van der Waals surface area contributed by atoms with Crippen molar-refractivity contribution in [2.24, 2.45) is 0 Å². The van der Waals surface area contributed by atoms with Crippen LogP contribution in [0.4, 0.5) is 0 Å². The predicted octanol–water partition coefficient (Wildman–Crippen LogP) is 4.64. The molecule has 0 atom stereocenters. The van der Waals surface area contributed by atoms with Crippen LogP contribution in [0.1, 0.15) is 33.3 Å². The van der Waals surface area contributed by atoms with E-state index in [1.165, 1.54) is 0 Å². The minimum absolute atomic E-state index is 0.0489. The molecule has 1 nitrogen and oxygen atoms in total. The maximum Gasteiger partial charge on any atom is 0.132 e. The van der Waals surface area contributed by atoms with Crippen molar-refractivity contribution in [2.75, 3.05) is 6.61 Å². The molecule has 15 heavy (non-hydrogen) atoms. The molecule has 1 rings (SSSR count). The Hall–Kier alpha value is 0.0400. The van der Waals surface area contributed by atoms with Gasteiger partial charge >= 0.3 is 0 Å². The predicted molar refractivity (Wildman–Crippen MR) is 74.0 cm³/mol. The van der Waals surface area contributed by atoms with Crippen molar-refractivity contribution in [1.82, 2.24) is 0 Å². The van der Waals surface area contributed by atoms with Gasteiger partial charge in [-0.05, 0) is 52.6 Å². The Morgan fingerprint density at radius 2 is 1.93 bits per heavy atom. The fourth-order valence-electron chi connectivity index (χ4n) is 1.37. The Labute approximate surface area is 110 Å². The molecule has 0 amide bonds. The van der Waals surface area contributed by atoms with Crippen molar-refractivity contribution in [3.63, 3.8) is 0 Å². The first-order valence-corrected chi connectivity index (χ1v) is 6.44. The van der Waals surface area contributed by atoms with Gasteiger partial charge in [0.05, 0.1) is 10.2 Å². The summed E-state index contributed by atoms with van der Waals surface area (Å²) in [6, 6.07) is 4.02. The lowest BCUT2D eigenvalue weighted by atomic mass is 9.87. The summed E-state index contributed by atoms with van der Waals surface area (Å²) in [5.41, 5.74) is 1.18. The Bertz CT molecular complexity index is 355. The number of hydrogen-bond donors (Lipinski definition) is 0. The molecule has 0 radical (unpaired) electrons. The van der Waals surface area contributed by atoms with E-state index in [2.05, 4.69) is 43.4 Å². The first kappa shape index (κ1) is 13.1. The van der Waals surface area contributed by atoms with Crippen LogP contribution in [-0.2, 0) is 5.41 Å². The Kier molecular flexibility index (Phi) is 4.29. The van der Waals surface area contributed by atoms with Crippen molar-refractivity contribution in [3.8, 4) is 5.75 Å². The van der Waals surface area contributed by atoms with Crippen molar-refractivity contribution >= 4 is 34.2 Å². The van der Waals surface area contributed by atoms with Crippen LogP contribution in [0.15, 0.2) is 12.1 Å². The van der Waals surface area contributed by atoms with Crippen molar-refractivity contribution in [3.05, 3.63) is 26.3 Å². The van der Waals surface area contributed by atoms with Gasteiger partial charge in [0.25, 0.3) is 0 Å². The van der Waals surface area contributed by atoms with E-state index in [0.29, 0.717) is 6.61 Å². The summed E-state index contributed by atoms with van der Waals surface area (Å²) in [5, 5.41) is 0.815. The van der Waals surface area contributed by atoms with E-state index in [9.17, 15) is 0 Å². The van der Waals surface area contributed by atoms with Gasteiger partial charge in [0.15, 0.2) is 0 Å². The maximum atomic E-state index is 6.23. The van der Waals surface area contributed by atoms with Gasteiger partial charge in [-0.3, -0.25) is 0 Å². The molecule has 1 aromatic rings. The normalized spacial score (nSPS) is 11.6. The van der Waals surface area contributed by atoms with Gasteiger partial charge in [0, 0.05) is 5.02 Å². The monoisotopic (exact) mass is 338 g/mol. The lowest BCUT2D eigenvalue weighted by Gasteiger charge is -2.22. The molecule has 0 aliphatic rings. The van der Waals surface area contributed by atoms with E-state index in [1.54, 1.807) is 0 Å². The molecule has 3 heteroatoms. The molecule has 0 aliphatic carbocycles. The summed E-state index contributed by atoms with van der Waals surface area (Å²) in [7, 11) is 0. The highest BCUT2D eigenvalue weighted by Gasteiger charge is 2.19. The van der Waals surface area contributed by atoms with Crippen LogP contribution in [-0.4, -0.2) is 6.61 Å². The van der Waals surface area contributed by atoms with Crippen LogP contribution in [0.2, 0.25) is 5.02 Å². The van der Waals surface area contributed by atoms with Gasteiger partial charge in [-0.15, -0.1) is 0 Å². The highest BCUT2D eigenvalue weighted by atomic mass is 127. The summed E-state index contributed by atoms with van der Waals surface area (Å²) in [6.45, 7) is 9.12. The molecule has 0 aliphatic heterocycles. The number of hydrogen-bond acceptors (Lipinski definition) is 1. The zero-order valence-corrected chi connectivity index (χ0v) is 12.4. The van der Waals surface area contributed by atoms with E-state index in [4.69, 9.17) is 16.3 Å². The quantitative estimate of drug-likeness (QED) is 0.714.